The smallest absolute Gasteiger partial charge is 0.220 e. The second-order valence-corrected chi connectivity index (χ2v) is 6.42. The van der Waals surface area contributed by atoms with Gasteiger partial charge in [0.15, 0.2) is 5.66 Å². The number of nitrogens with zero attached hydrogens (tertiary/aromatic N) is 2. The maximum atomic E-state index is 12.3. The van der Waals surface area contributed by atoms with Crippen LogP contribution in [0, 0.1) is 12.3 Å². The van der Waals surface area contributed by atoms with E-state index in [1.807, 2.05) is 30.3 Å². The number of terminal acetylenes is 1. The molecule has 0 radical (unpaired) electrons. The van der Waals surface area contributed by atoms with E-state index in [1.165, 1.54) is 0 Å². The minimum absolute atomic E-state index is 0.0399. The lowest BCUT2D eigenvalue weighted by molar-refractivity contribution is -0.162. The zero-order valence-corrected chi connectivity index (χ0v) is 14.2. The molecular formula is C19H23N3O3. The Bertz CT molecular complexity index is 654. The lowest BCUT2D eigenvalue weighted by Crippen LogP contribution is -2.49. The largest absolute Gasteiger partial charge is 0.376 e. The Morgan fingerprint density at radius 1 is 1.24 bits per heavy atom. The zero-order chi connectivity index (χ0) is 17.6. The van der Waals surface area contributed by atoms with Gasteiger partial charge in [0, 0.05) is 25.7 Å². The molecule has 0 bridgehead atoms. The van der Waals surface area contributed by atoms with Crippen LogP contribution in [-0.4, -0.2) is 37.9 Å². The highest BCUT2D eigenvalue weighted by atomic mass is 16.6. The summed E-state index contributed by atoms with van der Waals surface area (Å²) in [5, 5.41) is 11.1. The van der Waals surface area contributed by atoms with E-state index in [2.05, 4.69) is 21.5 Å². The van der Waals surface area contributed by atoms with Gasteiger partial charge in [-0.2, -0.15) is 10.2 Å². The molecule has 0 aromatic heterocycles. The molecule has 1 aromatic carbocycles. The molecule has 6 nitrogen and oxygen atoms in total. The maximum absolute atomic E-state index is 12.3. The van der Waals surface area contributed by atoms with E-state index >= 15 is 0 Å². The highest BCUT2D eigenvalue weighted by Gasteiger charge is 2.40. The second-order valence-electron chi connectivity index (χ2n) is 6.42. The average Bonchev–Trinajstić information content (AvgIpc) is 3.45. The van der Waals surface area contributed by atoms with Crippen molar-refractivity contribution < 1.29 is 14.3 Å². The molecule has 3 rings (SSSR count). The molecule has 1 atom stereocenters. The SMILES string of the molecule is C#CCCC1(CCC(=O)NCC2(c3ccccc3)COCCO2)N=N1. The van der Waals surface area contributed by atoms with Crippen LogP contribution in [0.25, 0.3) is 0 Å². The number of hydrogen-bond donors (Lipinski definition) is 1. The normalized spacial score (nSPS) is 23.6. The standard InChI is InChI=1S/C19H23N3O3/c1-2-3-10-19(21-22-19)11-9-17(23)20-14-18(15-24-12-13-25-18)16-7-5-4-6-8-16/h1,4-8H,3,9-15H2,(H,20,23). The van der Waals surface area contributed by atoms with Crippen LogP contribution < -0.4 is 5.32 Å². The first-order chi connectivity index (χ1) is 12.2. The molecule has 25 heavy (non-hydrogen) atoms. The quantitative estimate of drug-likeness (QED) is 0.738. The monoisotopic (exact) mass is 341 g/mol. The van der Waals surface area contributed by atoms with Gasteiger partial charge in [0.2, 0.25) is 5.91 Å². The average molecular weight is 341 g/mol. The number of benzene rings is 1. The number of carbonyl (C=O) groups excluding carboxylic acids is 1. The van der Waals surface area contributed by atoms with Crippen molar-refractivity contribution in [2.24, 2.45) is 10.2 Å². The second kappa shape index (κ2) is 7.77. The van der Waals surface area contributed by atoms with E-state index in [1.54, 1.807) is 0 Å². The van der Waals surface area contributed by atoms with Crippen LogP contribution in [0.3, 0.4) is 0 Å². The first kappa shape index (κ1) is 17.6. The topological polar surface area (TPSA) is 72.3 Å². The van der Waals surface area contributed by atoms with Crippen LogP contribution in [0.15, 0.2) is 40.6 Å². The molecule has 1 saturated heterocycles. The lowest BCUT2D eigenvalue weighted by atomic mass is 9.93. The van der Waals surface area contributed by atoms with E-state index in [9.17, 15) is 4.79 Å². The maximum Gasteiger partial charge on any atom is 0.220 e. The summed E-state index contributed by atoms with van der Waals surface area (Å²) in [5.74, 6) is 2.55. The van der Waals surface area contributed by atoms with Crippen LogP contribution in [-0.2, 0) is 19.9 Å². The number of amides is 1. The predicted molar refractivity (Wildman–Crippen MR) is 92.8 cm³/mol. The van der Waals surface area contributed by atoms with Crippen LogP contribution in [0.5, 0.6) is 0 Å². The molecule has 0 saturated carbocycles. The summed E-state index contributed by atoms with van der Waals surface area (Å²) in [5.41, 5.74) is -0.0525. The first-order valence-electron chi connectivity index (χ1n) is 8.60. The van der Waals surface area contributed by atoms with Crippen molar-refractivity contribution in [2.45, 2.75) is 36.9 Å². The van der Waals surface area contributed by atoms with Crippen molar-refractivity contribution in [3.05, 3.63) is 35.9 Å². The number of rotatable bonds is 8. The van der Waals surface area contributed by atoms with E-state index in [4.69, 9.17) is 15.9 Å². The molecule has 0 aliphatic carbocycles. The van der Waals surface area contributed by atoms with Crippen molar-refractivity contribution in [3.63, 3.8) is 0 Å². The van der Waals surface area contributed by atoms with Gasteiger partial charge in [0.1, 0.15) is 5.60 Å². The van der Waals surface area contributed by atoms with Gasteiger partial charge in [-0.15, -0.1) is 12.3 Å². The molecular weight excluding hydrogens is 318 g/mol. The molecule has 1 amide bonds. The Morgan fingerprint density at radius 2 is 2.04 bits per heavy atom. The molecule has 2 aliphatic heterocycles. The number of hydrogen-bond acceptors (Lipinski definition) is 5. The Hall–Kier alpha value is -2.23. The molecule has 1 N–H and O–H groups in total. The van der Waals surface area contributed by atoms with Crippen molar-refractivity contribution in [1.29, 1.82) is 0 Å². The molecule has 1 aromatic rings. The van der Waals surface area contributed by atoms with Gasteiger partial charge in [-0.25, -0.2) is 0 Å². The summed E-state index contributed by atoms with van der Waals surface area (Å²) >= 11 is 0. The molecule has 132 valence electrons. The van der Waals surface area contributed by atoms with Gasteiger partial charge in [-0.05, 0) is 5.56 Å². The Labute approximate surface area is 148 Å². The number of ether oxygens (including phenoxy) is 2. The lowest BCUT2D eigenvalue weighted by Gasteiger charge is -2.37. The van der Waals surface area contributed by atoms with Gasteiger partial charge in [-0.3, -0.25) is 4.79 Å². The molecule has 6 heteroatoms. The van der Waals surface area contributed by atoms with Gasteiger partial charge < -0.3 is 14.8 Å². The van der Waals surface area contributed by atoms with Gasteiger partial charge in [0.25, 0.3) is 0 Å². The van der Waals surface area contributed by atoms with E-state index in [-0.39, 0.29) is 5.91 Å². The molecule has 1 fully saturated rings. The van der Waals surface area contributed by atoms with Gasteiger partial charge in [-0.1, -0.05) is 30.3 Å². The molecule has 2 aliphatic rings. The summed E-state index contributed by atoms with van der Waals surface area (Å²) in [6, 6.07) is 9.87. The Kier molecular flexibility index (Phi) is 5.47. The third-order valence-electron chi connectivity index (χ3n) is 4.62. The van der Waals surface area contributed by atoms with Crippen molar-refractivity contribution in [3.8, 4) is 12.3 Å². The first-order valence-corrected chi connectivity index (χ1v) is 8.60. The third-order valence-corrected chi connectivity index (χ3v) is 4.62. The van der Waals surface area contributed by atoms with E-state index in [0.29, 0.717) is 52.0 Å². The van der Waals surface area contributed by atoms with Crippen molar-refractivity contribution >= 4 is 5.91 Å². The van der Waals surface area contributed by atoms with Crippen LogP contribution in [0.2, 0.25) is 0 Å². The fraction of sp³-hybridized carbons (Fsp3) is 0.526. The zero-order valence-electron chi connectivity index (χ0n) is 14.2. The summed E-state index contributed by atoms with van der Waals surface area (Å²) < 4.78 is 11.6. The van der Waals surface area contributed by atoms with Crippen LogP contribution in [0.4, 0.5) is 0 Å². The fourth-order valence-electron chi connectivity index (χ4n) is 3.00. The minimum atomic E-state index is -0.634. The summed E-state index contributed by atoms with van der Waals surface area (Å²) in [7, 11) is 0. The van der Waals surface area contributed by atoms with Crippen molar-refractivity contribution in [2.75, 3.05) is 26.4 Å². The Morgan fingerprint density at radius 3 is 2.68 bits per heavy atom. The molecule has 2 heterocycles. The number of nitrogens with one attached hydrogen (secondary N) is 1. The predicted octanol–water partition coefficient (Wildman–Crippen LogP) is 2.40. The molecule has 0 spiro atoms. The summed E-state index contributed by atoms with van der Waals surface area (Å²) in [6.45, 7) is 1.89. The summed E-state index contributed by atoms with van der Waals surface area (Å²) in [6.07, 6.45) is 7.57. The van der Waals surface area contributed by atoms with Crippen molar-refractivity contribution in [1.82, 2.24) is 5.32 Å². The van der Waals surface area contributed by atoms with Gasteiger partial charge >= 0.3 is 0 Å². The third kappa shape index (κ3) is 4.44. The van der Waals surface area contributed by atoms with Crippen LogP contribution >= 0.6 is 0 Å². The van der Waals surface area contributed by atoms with Crippen LogP contribution in [0.1, 0.15) is 31.2 Å². The minimum Gasteiger partial charge on any atom is -0.376 e. The highest BCUT2D eigenvalue weighted by molar-refractivity contribution is 5.76. The fourth-order valence-corrected chi connectivity index (χ4v) is 3.00. The van der Waals surface area contributed by atoms with E-state index in [0.717, 1.165) is 5.56 Å². The Balaban J connectivity index is 1.53. The highest BCUT2D eigenvalue weighted by Crippen LogP contribution is 2.37. The van der Waals surface area contributed by atoms with Gasteiger partial charge in [0.05, 0.1) is 26.4 Å². The number of carbonyl (C=O) groups is 1. The molecule has 1 unspecified atom stereocenters. The van der Waals surface area contributed by atoms with E-state index < -0.39 is 11.3 Å². The summed E-state index contributed by atoms with van der Waals surface area (Å²) in [4.78, 5) is 12.3.